The van der Waals surface area contributed by atoms with Gasteiger partial charge in [0.05, 0.1) is 0 Å². The van der Waals surface area contributed by atoms with Gasteiger partial charge in [-0.25, -0.2) is 4.79 Å². The third-order valence-electron chi connectivity index (χ3n) is 2.92. The molecule has 0 amide bonds. The molecule has 0 aliphatic carbocycles. The number of carbonyl (C=O) groups is 1. The molecule has 0 heterocycles. The fourth-order valence-electron chi connectivity index (χ4n) is 1.77. The Hall–Kier alpha value is -1.77. The van der Waals surface area contributed by atoms with Crippen LogP contribution < -0.4 is 4.74 Å². The summed E-state index contributed by atoms with van der Waals surface area (Å²) in [7, 11) is 0. The summed E-state index contributed by atoms with van der Waals surface area (Å²) < 4.78 is 5.34. The fourth-order valence-corrected chi connectivity index (χ4v) is 1.77. The van der Waals surface area contributed by atoms with Gasteiger partial charge in [0.15, 0.2) is 0 Å². The topological polar surface area (TPSA) is 46.5 Å². The van der Waals surface area contributed by atoms with E-state index in [0.717, 1.165) is 11.1 Å². The van der Waals surface area contributed by atoms with E-state index < -0.39 is 5.97 Å². The van der Waals surface area contributed by atoms with Gasteiger partial charge in [-0.1, -0.05) is 34.3 Å². The summed E-state index contributed by atoms with van der Waals surface area (Å²) in [5.74, 6) is 0.290. The van der Waals surface area contributed by atoms with Crippen LogP contribution in [0.3, 0.4) is 0 Å². The summed E-state index contributed by atoms with van der Waals surface area (Å²) in [5, 5.41) is 10.1. The lowest BCUT2D eigenvalue weighted by molar-refractivity contribution is -0.130. The Kier molecular flexibility index (Phi) is 4.40. The van der Waals surface area contributed by atoms with Gasteiger partial charge in [0, 0.05) is 11.1 Å². The number of benzene rings is 1. The Morgan fingerprint density at radius 3 is 2.37 bits per heavy atom. The highest BCUT2D eigenvalue weighted by atomic mass is 16.5. The largest absolute Gasteiger partial charge is 0.508 e. The molecule has 0 atom stereocenters. The summed E-state index contributed by atoms with van der Waals surface area (Å²) in [6.45, 7) is 13.1. The van der Waals surface area contributed by atoms with Gasteiger partial charge < -0.3 is 9.84 Å². The lowest BCUT2D eigenvalue weighted by atomic mass is 9.85. The molecule has 0 saturated carbocycles. The molecule has 0 aliphatic rings. The van der Waals surface area contributed by atoms with Crippen LogP contribution in [0.1, 0.15) is 45.7 Å². The van der Waals surface area contributed by atoms with Crippen LogP contribution in [-0.4, -0.2) is 11.1 Å². The van der Waals surface area contributed by atoms with Gasteiger partial charge in [-0.3, -0.25) is 0 Å². The van der Waals surface area contributed by atoms with Crippen LogP contribution in [0.4, 0.5) is 0 Å². The molecule has 0 bridgehead atoms. The van der Waals surface area contributed by atoms with Gasteiger partial charge in [-0.05, 0) is 36.5 Å². The zero-order chi connectivity index (χ0) is 14.8. The Balaban J connectivity index is 3.29. The van der Waals surface area contributed by atoms with Crippen molar-refractivity contribution in [3.05, 3.63) is 35.4 Å². The first-order chi connectivity index (χ1) is 8.66. The number of phenolic OH excluding ortho intramolecular Hbond substituents is 1. The van der Waals surface area contributed by atoms with E-state index in [1.807, 2.05) is 27.7 Å². The van der Waals surface area contributed by atoms with Gasteiger partial charge in [0.25, 0.3) is 0 Å². The zero-order valence-electron chi connectivity index (χ0n) is 12.3. The maximum atomic E-state index is 11.6. The maximum Gasteiger partial charge on any atom is 0.338 e. The molecule has 19 heavy (non-hydrogen) atoms. The van der Waals surface area contributed by atoms with Crippen molar-refractivity contribution >= 4 is 5.97 Å². The minimum Gasteiger partial charge on any atom is -0.508 e. The van der Waals surface area contributed by atoms with Crippen molar-refractivity contribution in [1.29, 1.82) is 0 Å². The monoisotopic (exact) mass is 262 g/mol. The van der Waals surface area contributed by atoms with Gasteiger partial charge in [0.1, 0.15) is 11.5 Å². The molecule has 1 N–H and O–H groups in total. The number of aromatic hydroxyl groups is 1. The number of phenols is 1. The van der Waals surface area contributed by atoms with Crippen LogP contribution in [0.15, 0.2) is 24.3 Å². The summed E-state index contributed by atoms with van der Waals surface area (Å²) in [6, 6.07) is 3.41. The van der Waals surface area contributed by atoms with Crippen molar-refractivity contribution in [2.24, 2.45) is 0 Å². The molecular weight excluding hydrogens is 240 g/mol. The van der Waals surface area contributed by atoms with Crippen LogP contribution in [0.2, 0.25) is 0 Å². The van der Waals surface area contributed by atoms with Gasteiger partial charge in [0.2, 0.25) is 0 Å². The lowest BCUT2D eigenvalue weighted by Crippen LogP contribution is -2.14. The summed E-state index contributed by atoms with van der Waals surface area (Å²) >= 11 is 0. The van der Waals surface area contributed by atoms with Gasteiger partial charge >= 0.3 is 5.97 Å². The zero-order valence-corrected chi connectivity index (χ0v) is 12.3. The first-order valence-corrected chi connectivity index (χ1v) is 6.40. The van der Waals surface area contributed by atoms with Crippen molar-refractivity contribution in [3.63, 3.8) is 0 Å². The van der Waals surface area contributed by atoms with E-state index in [1.165, 1.54) is 0 Å². The minimum absolute atomic E-state index is 0.221. The lowest BCUT2D eigenvalue weighted by Gasteiger charge is -2.22. The van der Waals surface area contributed by atoms with E-state index in [9.17, 15) is 9.90 Å². The molecule has 0 spiro atoms. The maximum absolute atomic E-state index is 11.6. The molecule has 3 nitrogen and oxygen atoms in total. The molecule has 1 rings (SSSR count). The van der Waals surface area contributed by atoms with Crippen molar-refractivity contribution in [1.82, 2.24) is 0 Å². The molecule has 0 saturated heterocycles. The second kappa shape index (κ2) is 5.47. The first kappa shape index (κ1) is 15.3. The Morgan fingerprint density at radius 1 is 1.37 bits per heavy atom. The molecule has 0 fully saturated rings. The van der Waals surface area contributed by atoms with E-state index in [1.54, 1.807) is 19.1 Å². The molecule has 0 unspecified atom stereocenters. The third kappa shape index (κ3) is 3.60. The molecule has 1 aromatic rings. The highest BCUT2D eigenvalue weighted by Gasteiger charge is 2.21. The standard InChI is InChI=1S/C16H22O3/c1-7-11-8-13(17)12(16(4,5)6)9-14(11)19-15(18)10(2)3/h8-9,17H,2,7H2,1,3-6H3. The van der Waals surface area contributed by atoms with Crippen LogP contribution >= 0.6 is 0 Å². The summed E-state index contributed by atoms with van der Waals surface area (Å²) in [6.07, 6.45) is 0.677. The normalized spacial score (nSPS) is 11.2. The fraction of sp³-hybridized carbons (Fsp3) is 0.438. The molecule has 104 valence electrons. The summed E-state index contributed by atoms with van der Waals surface area (Å²) in [5.41, 5.74) is 1.70. The first-order valence-electron chi connectivity index (χ1n) is 6.40. The van der Waals surface area contributed by atoms with Gasteiger partial charge in [-0.15, -0.1) is 0 Å². The van der Waals surface area contributed by atoms with Crippen LogP contribution in [0, 0.1) is 0 Å². The van der Waals surface area contributed by atoms with E-state index in [-0.39, 0.29) is 11.2 Å². The molecule has 1 aromatic carbocycles. The number of aryl methyl sites for hydroxylation is 1. The molecule has 0 aliphatic heterocycles. The van der Waals surface area contributed by atoms with E-state index in [4.69, 9.17) is 4.74 Å². The van der Waals surface area contributed by atoms with Crippen molar-refractivity contribution in [2.75, 3.05) is 0 Å². The third-order valence-corrected chi connectivity index (χ3v) is 2.92. The van der Waals surface area contributed by atoms with Crippen molar-refractivity contribution in [3.8, 4) is 11.5 Å². The molecule has 0 aromatic heterocycles. The van der Waals surface area contributed by atoms with Gasteiger partial charge in [-0.2, -0.15) is 0 Å². The van der Waals surface area contributed by atoms with Crippen molar-refractivity contribution < 1.29 is 14.6 Å². The number of rotatable bonds is 3. The van der Waals surface area contributed by atoms with Crippen LogP contribution in [0.25, 0.3) is 0 Å². The Bertz CT molecular complexity index is 507. The second-order valence-corrected chi connectivity index (χ2v) is 5.75. The highest BCUT2D eigenvalue weighted by Crippen LogP contribution is 2.36. The second-order valence-electron chi connectivity index (χ2n) is 5.75. The quantitative estimate of drug-likeness (QED) is 0.513. The predicted molar refractivity (Wildman–Crippen MR) is 76.6 cm³/mol. The number of hydrogen-bond acceptors (Lipinski definition) is 3. The van der Waals surface area contributed by atoms with Crippen LogP contribution in [-0.2, 0) is 16.6 Å². The molecule has 3 heteroatoms. The number of carbonyl (C=O) groups excluding carboxylic acids is 1. The van der Waals surface area contributed by atoms with E-state index in [2.05, 4.69) is 6.58 Å². The average Bonchev–Trinajstić information content (AvgIpc) is 2.29. The van der Waals surface area contributed by atoms with E-state index >= 15 is 0 Å². The highest BCUT2D eigenvalue weighted by molar-refractivity contribution is 5.89. The number of esters is 1. The minimum atomic E-state index is -0.444. The average molecular weight is 262 g/mol. The smallest absolute Gasteiger partial charge is 0.338 e. The Labute approximate surface area is 114 Å². The van der Waals surface area contributed by atoms with Crippen molar-refractivity contribution in [2.45, 2.75) is 46.5 Å². The molecular formula is C16H22O3. The number of hydrogen-bond donors (Lipinski definition) is 1. The predicted octanol–water partition coefficient (Wildman–Crippen LogP) is 3.73. The molecule has 0 radical (unpaired) electrons. The summed E-state index contributed by atoms with van der Waals surface area (Å²) in [4.78, 5) is 11.6. The van der Waals surface area contributed by atoms with Crippen LogP contribution in [0.5, 0.6) is 11.5 Å². The van der Waals surface area contributed by atoms with E-state index in [0.29, 0.717) is 17.7 Å². The number of ether oxygens (including phenoxy) is 1. The SMILES string of the molecule is C=C(C)C(=O)Oc1cc(C(C)(C)C)c(O)cc1CC. The Morgan fingerprint density at radius 2 is 1.95 bits per heavy atom.